The molecule has 7 heteroatoms. The highest BCUT2D eigenvalue weighted by Crippen LogP contribution is 2.14. The van der Waals surface area contributed by atoms with Crippen molar-refractivity contribution in [3.63, 3.8) is 0 Å². The molecule has 78 valence electrons. The normalized spacial score (nSPS) is 15.3. The molecule has 0 aromatic rings. The summed E-state index contributed by atoms with van der Waals surface area (Å²) in [7, 11) is 2.64. The topological polar surface area (TPSA) is 44.8 Å². The van der Waals surface area contributed by atoms with Gasteiger partial charge in [0, 0.05) is 33.6 Å². The summed E-state index contributed by atoms with van der Waals surface area (Å²) in [4.78, 5) is 10.3. The third-order valence-corrected chi connectivity index (χ3v) is 2.85. The van der Waals surface area contributed by atoms with Crippen molar-refractivity contribution in [3.05, 3.63) is 0 Å². The van der Waals surface area contributed by atoms with Crippen LogP contribution in [0, 0.1) is 0 Å². The van der Waals surface area contributed by atoms with Crippen molar-refractivity contribution in [1.82, 2.24) is 0 Å². The number of ether oxygens (including phenoxy) is 2. The highest BCUT2D eigenvalue weighted by molar-refractivity contribution is 14.2. The molecule has 0 aromatic heterocycles. The van der Waals surface area contributed by atoms with E-state index in [0.29, 0.717) is 18.2 Å². The van der Waals surface area contributed by atoms with Gasteiger partial charge in [-0.1, -0.05) is 15.9 Å². The molecule has 0 rings (SSSR count). The van der Waals surface area contributed by atoms with E-state index in [2.05, 4.69) is 15.9 Å². The Labute approximate surface area is 102 Å². The van der Waals surface area contributed by atoms with Gasteiger partial charge in [0.2, 0.25) is 6.29 Å². The third kappa shape index (κ3) is 7.09. The molecule has 0 saturated heterocycles. The maximum Gasteiger partial charge on any atom is 0.214 e. The monoisotopic (exact) mass is 384 g/mol. The molecule has 4 nitrogen and oxygen atoms in total. The zero-order chi connectivity index (χ0) is 10.1. The van der Waals surface area contributed by atoms with Crippen LogP contribution in [0.15, 0.2) is 0 Å². The molecule has 0 amide bonds. The Morgan fingerprint density at radius 3 is 2.77 bits per heavy atom. The summed E-state index contributed by atoms with van der Waals surface area (Å²) in [5.41, 5.74) is 0. The van der Waals surface area contributed by atoms with Gasteiger partial charge in [0.25, 0.3) is 0 Å². The van der Waals surface area contributed by atoms with Crippen LogP contribution in [0.5, 0.6) is 0 Å². The van der Waals surface area contributed by atoms with Crippen LogP contribution in [0.4, 0.5) is 0 Å². The van der Waals surface area contributed by atoms with Gasteiger partial charge in [-0.25, -0.2) is 0 Å². The quantitative estimate of drug-likeness (QED) is 0.210. The minimum Gasteiger partial charge on any atom is -0.350 e. The minimum absolute atomic E-state index is 0.183. The van der Waals surface area contributed by atoms with Crippen molar-refractivity contribution in [2.24, 2.45) is 0 Å². The van der Waals surface area contributed by atoms with Crippen molar-refractivity contribution >= 4 is 52.6 Å². The Bertz CT molecular complexity index is 140. The first kappa shape index (κ1) is 14.1. The molecular formula is C6H10BrIO4S. The lowest BCUT2D eigenvalue weighted by Crippen LogP contribution is -2.29. The largest absolute Gasteiger partial charge is 0.350 e. The van der Waals surface area contributed by atoms with E-state index in [1.165, 1.54) is 16.3 Å². The van der Waals surface area contributed by atoms with E-state index < -0.39 is 6.29 Å². The molecule has 0 bridgehead atoms. The SMILES string of the molecule is CO[C@@H](C=O)OC(CBr)COSI. The first-order valence-electron chi connectivity index (χ1n) is 3.38. The lowest BCUT2D eigenvalue weighted by molar-refractivity contribution is -0.163. The molecule has 0 fully saturated rings. The molecule has 0 N–H and O–H groups in total. The summed E-state index contributed by atoms with van der Waals surface area (Å²) in [6.07, 6.45) is -0.393. The maximum absolute atomic E-state index is 10.3. The fourth-order valence-electron chi connectivity index (χ4n) is 0.555. The molecule has 0 aliphatic carbocycles. The molecule has 0 heterocycles. The highest BCUT2D eigenvalue weighted by Gasteiger charge is 2.14. The van der Waals surface area contributed by atoms with Crippen molar-refractivity contribution < 1.29 is 18.5 Å². The average Bonchev–Trinajstić information content (AvgIpc) is 2.19. The van der Waals surface area contributed by atoms with Crippen LogP contribution in [0.1, 0.15) is 0 Å². The fraction of sp³-hybridized carbons (Fsp3) is 0.833. The molecule has 2 atom stereocenters. The Morgan fingerprint density at radius 1 is 1.69 bits per heavy atom. The average molecular weight is 385 g/mol. The first-order valence-corrected chi connectivity index (χ1v) is 7.78. The summed E-state index contributed by atoms with van der Waals surface area (Å²) in [6, 6.07) is 0. The summed E-state index contributed by atoms with van der Waals surface area (Å²) in [5, 5.41) is 0.595. The lowest BCUT2D eigenvalue weighted by Gasteiger charge is -2.17. The lowest BCUT2D eigenvalue weighted by atomic mass is 10.4. The predicted octanol–water partition coefficient (Wildman–Crippen LogP) is 1.95. The number of carbonyl (C=O) groups excluding carboxylic acids is 1. The van der Waals surface area contributed by atoms with Gasteiger partial charge in [0.1, 0.15) is 0 Å². The van der Waals surface area contributed by atoms with Crippen LogP contribution >= 0.6 is 46.3 Å². The van der Waals surface area contributed by atoms with Crippen molar-refractivity contribution in [3.8, 4) is 0 Å². The van der Waals surface area contributed by atoms with E-state index >= 15 is 0 Å². The second kappa shape index (κ2) is 9.66. The van der Waals surface area contributed by atoms with Gasteiger partial charge in [0.15, 0.2) is 6.29 Å². The minimum atomic E-state index is -0.814. The number of methoxy groups -OCH3 is 1. The molecule has 0 radical (unpaired) electrons. The predicted molar refractivity (Wildman–Crippen MR) is 63.1 cm³/mol. The smallest absolute Gasteiger partial charge is 0.214 e. The number of rotatable bonds is 8. The fourth-order valence-corrected chi connectivity index (χ4v) is 1.54. The van der Waals surface area contributed by atoms with Crippen LogP contribution in [-0.2, 0) is 18.5 Å². The van der Waals surface area contributed by atoms with Crippen LogP contribution < -0.4 is 0 Å². The summed E-state index contributed by atoms with van der Waals surface area (Å²) in [6.45, 7) is 0.409. The summed E-state index contributed by atoms with van der Waals surface area (Å²) >= 11 is 5.26. The molecule has 0 spiro atoms. The molecule has 0 aliphatic rings. The van der Waals surface area contributed by atoms with Crippen molar-refractivity contribution in [1.29, 1.82) is 0 Å². The van der Waals surface area contributed by atoms with E-state index in [1.54, 1.807) is 0 Å². The zero-order valence-corrected chi connectivity index (χ0v) is 11.5. The first-order chi connectivity index (χ1) is 6.28. The number of carbonyl (C=O) groups is 1. The van der Waals surface area contributed by atoms with Crippen LogP contribution in [-0.4, -0.2) is 37.7 Å². The molecule has 0 aromatic carbocycles. The van der Waals surface area contributed by atoms with Gasteiger partial charge in [-0.3, -0.25) is 4.79 Å². The third-order valence-electron chi connectivity index (χ3n) is 1.14. The maximum atomic E-state index is 10.3. The van der Waals surface area contributed by atoms with E-state index in [4.69, 9.17) is 13.7 Å². The number of hydrogen-bond donors (Lipinski definition) is 0. The number of halogens is 2. The molecule has 0 saturated carbocycles. The summed E-state index contributed by atoms with van der Waals surface area (Å²) in [5.74, 6) is 0. The summed E-state index contributed by atoms with van der Waals surface area (Å²) < 4.78 is 15.0. The van der Waals surface area contributed by atoms with Crippen LogP contribution in [0.3, 0.4) is 0 Å². The van der Waals surface area contributed by atoms with Crippen molar-refractivity contribution in [2.75, 3.05) is 19.0 Å². The Kier molecular flexibility index (Phi) is 10.5. The molecule has 13 heavy (non-hydrogen) atoms. The van der Waals surface area contributed by atoms with Gasteiger partial charge in [0.05, 0.1) is 21.9 Å². The highest BCUT2D eigenvalue weighted by atomic mass is 127. The number of hydrogen-bond acceptors (Lipinski definition) is 5. The van der Waals surface area contributed by atoms with Gasteiger partial charge < -0.3 is 13.7 Å². The zero-order valence-electron chi connectivity index (χ0n) is 6.94. The second-order valence-corrected chi connectivity index (χ2v) is 4.09. The number of aldehydes is 1. The standard InChI is InChI=1S/C6H10BrIO4S/c1-10-6(3-9)12-5(2-7)4-11-13-8/h3,5-6H,2,4H2,1H3/t5?,6-/m1/s1. The Hall–Kier alpha value is 1.11. The van der Waals surface area contributed by atoms with E-state index in [-0.39, 0.29) is 6.10 Å². The van der Waals surface area contributed by atoms with Crippen LogP contribution in [0.25, 0.3) is 0 Å². The van der Waals surface area contributed by atoms with Gasteiger partial charge in [-0.05, 0) is 0 Å². The van der Waals surface area contributed by atoms with E-state index in [0.717, 1.165) is 0 Å². The van der Waals surface area contributed by atoms with Crippen molar-refractivity contribution in [2.45, 2.75) is 12.4 Å². The Morgan fingerprint density at radius 2 is 2.38 bits per heavy atom. The van der Waals surface area contributed by atoms with Gasteiger partial charge >= 0.3 is 0 Å². The second-order valence-electron chi connectivity index (χ2n) is 2.00. The Balaban J connectivity index is 3.73. The van der Waals surface area contributed by atoms with E-state index in [9.17, 15) is 4.79 Å². The van der Waals surface area contributed by atoms with Crippen LogP contribution in [0.2, 0.25) is 0 Å². The molecule has 1 unspecified atom stereocenters. The molecular weight excluding hydrogens is 375 g/mol. The van der Waals surface area contributed by atoms with Gasteiger partial charge in [-0.15, -0.1) is 0 Å². The number of alkyl halides is 1. The molecule has 0 aliphatic heterocycles. The van der Waals surface area contributed by atoms with Gasteiger partial charge in [-0.2, -0.15) is 0 Å². The van der Waals surface area contributed by atoms with E-state index in [1.807, 2.05) is 21.2 Å².